The molecular weight excluding hydrogens is 292 g/mol. The summed E-state index contributed by atoms with van der Waals surface area (Å²) in [5, 5.41) is 4.08. The first-order valence-corrected chi connectivity index (χ1v) is 9.07. The van der Waals surface area contributed by atoms with Gasteiger partial charge in [-0.3, -0.25) is 0 Å². The topological polar surface area (TPSA) is 44.0 Å². The van der Waals surface area contributed by atoms with Crippen molar-refractivity contribution in [3.8, 4) is 0 Å². The molecule has 1 aliphatic heterocycles. The van der Waals surface area contributed by atoms with Gasteiger partial charge >= 0.3 is 0 Å². The van der Waals surface area contributed by atoms with Gasteiger partial charge in [0.1, 0.15) is 5.82 Å². The molecule has 0 unspecified atom stereocenters. The first kappa shape index (κ1) is 16.1. The summed E-state index contributed by atoms with van der Waals surface area (Å²) in [6, 6.07) is 0. The van der Waals surface area contributed by atoms with E-state index >= 15 is 0 Å². The van der Waals surface area contributed by atoms with Gasteiger partial charge in [0.05, 0.1) is 5.69 Å². The van der Waals surface area contributed by atoms with E-state index in [1.54, 1.807) is 0 Å². The van der Waals surface area contributed by atoms with E-state index in [2.05, 4.69) is 38.9 Å². The predicted octanol–water partition coefficient (Wildman–Crippen LogP) is 2.54. The molecule has 1 aliphatic rings. The second-order valence-electron chi connectivity index (χ2n) is 5.19. The highest BCUT2D eigenvalue weighted by Crippen LogP contribution is 2.14. The van der Waals surface area contributed by atoms with Gasteiger partial charge in [0.25, 0.3) is 0 Å². The Morgan fingerprint density at radius 1 is 1.40 bits per heavy atom. The first-order valence-electron chi connectivity index (χ1n) is 7.53. The fourth-order valence-corrected chi connectivity index (χ4v) is 3.49. The van der Waals surface area contributed by atoms with Crippen molar-refractivity contribution >= 4 is 23.4 Å². The number of imidazole rings is 1. The maximum absolute atomic E-state index is 6.16. The number of H-pyrrole nitrogens is 1. The van der Waals surface area contributed by atoms with Crippen LogP contribution in [0.15, 0.2) is 0 Å². The zero-order valence-electron chi connectivity index (χ0n) is 12.3. The Kier molecular flexibility index (Phi) is 7.21. The second-order valence-corrected chi connectivity index (χ2v) is 6.77. The average Bonchev–Trinajstić information content (AvgIpc) is 2.83. The van der Waals surface area contributed by atoms with Crippen LogP contribution >= 0.6 is 23.4 Å². The molecule has 0 bridgehead atoms. The molecule has 2 heterocycles. The summed E-state index contributed by atoms with van der Waals surface area (Å²) in [6.45, 7) is 7.53. The van der Waals surface area contributed by atoms with Gasteiger partial charge in [-0.25, -0.2) is 4.98 Å². The van der Waals surface area contributed by atoms with E-state index in [0.29, 0.717) is 5.15 Å². The van der Waals surface area contributed by atoms with E-state index < -0.39 is 0 Å². The first-order chi connectivity index (χ1) is 9.79. The predicted molar refractivity (Wildman–Crippen MR) is 87.7 cm³/mol. The van der Waals surface area contributed by atoms with Crippen LogP contribution in [0.2, 0.25) is 5.15 Å². The quantitative estimate of drug-likeness (QED) is 0.723. The summed E-state index contributed by atoms with van der Waals surface area (Å²) < 4.78 is 0. The molecule has 4 nitrogen and oxygen atoms in total. The number of halogens is 1. The van der Waals surface area contributed by atoms with Crippen molar-refractivity contribution in [2.24, 2.45) is 0 Å². The Balaban J connectivity index is 1.66. The Bertz CT molecular complexity index is 391. The highest BCUT2D eigenvalue weighted by atomic mass is 35.5. The van der Waals surface area contributed by atoms with E-state index in [1.165, 1.54) is 31.0 Å². The monoisotopic (exact) mass is 316 g/mol. The van der Waals surface area contributed by atoms with Crippen LogP contribution in [0.25, 0.3) is 0 Å². The van der Waals surface area contributed by atoms with E-state index in [1.807, 2.05) is 0 Å². The largest absolute Gasteiger partial charge is 0.344 e. The lowest BCUT2D eigenvalue weighted by atomic mass is 10.2. The average molecular weight is 317 g/mol. The molecule has 0 saturated carbocycles. The van der Waals surface area contributed by atoms with Gasteiger partial charge in [0.2, 0.25) is 0 Å². The highest BCUT2D eigenvalue weighted by Gasteiger charge is 2.10. The Hall–Kier alpha value is -0.230. The van der Waals surface area contributed by atoms with Crippen LogP contribution in [-0.2, 0) is 13.0 Å². The number of hydrogen-bond donors (Lipinski definition) is 2. The van der Waals surface area contributed by atoms with Crippen molar-refractivity contribution in [1.82, 2.24) is 20.2 Å². The molecule has 114 valence electrons. The second kappa shape index (κ2) is 8.93. The van der Waals surface area contributed by atoms with Crippen LogP contribution < -0.4 is 5.32 Å². The number of aromatic amines is 1. The number of thioether (sulfide) groups is 1. The highest BCUT2D eigenvalue weighted by molar-refractivity contribution is 7.99. The minimum Gasteiger partial charge on any atom is -0.344 e. The van der Waals surface area contributed by atoms with Gasteiger partial charge in [-0.15, -0.1) is 0 Å². The fourth-order valence-electron chi connectivity index (χ4n) is 2.29. The molecule has 1 aromatic heterocycles. The van der Waals surface area contributed by atoms with Gasteiger partial charge in [-0.05, 0) is 6.42 Å². The number of nitrogens with zero attached hydrogens (tertiary/aromatic N) is 2. The van der Waals surface area contributed by atoms with E-state index in [9.17, 15) is 0 Å². The van der Waals surface area contributed by atoms with Crippen LogP contribution in [-0.4, -0.2) is 52.6 Å². The smallest absolute Gasteiger partial charge is 0.151 e. The van der Waals surface area contributed by atoms with E-state index in [0.717, 1.165) is 44.0 Å². The van der Waals surface area contributed by atoms with Crippen molar-refractivity contribution in [2.45, 2.75) is 32.7 Å². The number of aryl methyl sites for hydroxylation is 1. The van der Waals surface area contributed by atoms with Crippen LogP contribution in [0.5, 0.6) is 0 Å². The Morgan fingerprint density at radius 3 is 2.95 bits per heavy atom. The number of aromatic nitrogens is 2. The molecule has 0 aliphatic carbocycles. The molecule has 2 N–H and O–H groups in total. The zero-order chi connectivity index (χ0) is 14.2. The molecular formula is C14H25ClN4S. The standard InChI is InChI=1S/C14H25ClN4S/c1-2-3-4-13-17-12(14(15)18-13)11-16-5-6-19-7-9-20-10-8-19/h16H,2-11H2,1H3,(H,17,18). The number of rotatable bonds is 8. The van der Waals surface area contributed by atoms with Gasteiger partial charge in [0, 0.05) is 50.7 Å². The third kappa shape index (κ3) is 5.28. The molecule has 0 spiro atoms. The summed E-state index contributed by atoms with van der Waals surface area (Å²) in [5.41, 5.74) is 1.02. The van der Waals surface area contributed by atoms with Gasteiger partial charge < -0.3 is 15.2 Å². The lowest BCUT2D eigenvalue weighted by Crippen LogP contribution is -2.37. The normalized spacial score (nSPS) is 16.7. The van der Waals surface area contributed by atoms with Gasteiger partial charge in [-0.1, -0.05) is 24.9 Å². The van der Waals surface area contributed by atoms with Crippen LogP contribution in [0.4, 0.5) is 0 Å². The molecule has 2 rings (SSSR count). The van der Waals surface area contributed by atoms with Gasteiger partial charge in [0.15, 0.2) is 5.15 Å². The van der Waals surface area contributed by atoms with Crippen molar-refractivity contribution in [1.29, 1.82) is 0 Å². The third-order valence-electron chi connectivity index (χ3n) is 3.55. The molecule has 0 aromatic carbocycles. The molecule has 1 aromatic rings. The number of nitrogens with one attached hydrogen (secondary N) is 2. The summed E-state index contributed by atoms with van der Waals surface area (Å²) in [6.07, 6.45) is 3.32. The molecule has 1 fully saturated rings. The lowest BCUT2D eigenvalue weighted by molar-refractivity contribution is 0.301. The van der Waals surface area contributed by atoms with Crippen LogP contribution in [0.1, 0.15) is 31.3 Å². The van der Waals surface area contributed by atoms with Crippen molar-refractivity contribution in [3.05, 3.63) is 16.7 Å². The molecule has 20 heavy (non-hydrogen) atoms. The third-order valence-corrected chi connectivity index (χ3v) is 4.81. The zero-order valence-corrected chi connectivity index (χ0v) is 13.8. The summed E-state index contributed by atoms with van der Waals surface area (Å²) in [4.78, 5) is 10.2. The minimum absolute atomic E-state index is 0.623. The maximum atomic E-state index is 6.16. The van der Waals surface area contributed by atoms with Crippen molar-refractivity contribution < 1.29 is 0 Å². The maximum Gasteiger partial charge on any atom is 0.151 e. The molecule has 6 heteroatoms. The van der Waals surface area contributed by atoms with Gasteiger partial charge in [-0.2, -0.15) is 11.8 Å². The fraction of sp³-hybridized carbons (Fsp3) is 0.786. The molecule has 1 saturated heterocycles. The molecule has 0 radical (unpaired) electrons. The molecule has 0 atom stereocenters. The molecule has 0 amide bonds. The summed E-state index contributed by atoms with van der Waals surface area (Å²) in [7, 11) is 0. The van der Waals surface area contributed by atoms with Crippen molar-refractivity contribution in [2.75, 3.05) is 37.7 Å². The summed E-state index contributed by atoms with van der Waals surface area (Å²) in [5.74, 6) is 3.56. The van der Waals surface area contributed by atoms with Crippen molar-refractivity contribution in [3.63, 3.8) is 0 Å². The Morgan fingerprint density at radius 2 is 2.20 bits per heavy atom. The Labute approximate surface area is 131 Å². The summed E-state index contributed by atoms with van der Waals surface area (Å²) >= 11 is 8.21. The van der Waals surface area contributed by atoms with E-state index in [-0.39, 0.29) is 0 Å². The van der Waals surface area contributed by atoms with E-state index in [4.69, 9.17) is 11.6 Å². The number of unbranched alkanes of at least 4 members (excludes halogenated alkanes) is 1. The minimum atomic E-state index is 0.623. The SMILES string of the molecule is CCCCc1nc(Cl)c(CNCCN2CCSCC2)[nH]1. The van der Waals surface area contributed by atoms with Crippen LogP contribution in [0.3, 0.4) is 0 Å². The van der Waals surface area contributed by atoms with Crippen LogP contribution in [0, 0.1) is 0 Å². The lowest BCUT2D eigenvalue weighted by Gasteiger charge is -2.26. The number of hydrogen-bond acceptors (Lipinski definition) is 4.